The van der Waals surface area contributed by atoms with Crippen LogP contribution in [0.2, 0.25) is 0 Å². The molecule has 0 radical (unpaired) electrons. The van der Waals surface area contributed by atoms with Gasteiger partial charge in [-0.25, -0.2) is 0 Å². The van der Waals surface area contributed by atoms with Crippen molar-refractivity contribution >= 4 is 28.5 Å². The van der Waals surface area contributed by atoms with E-state index in [-0.39, 0.29) is 42.5 Å². The Hall–Kier alpha value is -3.15. The zero-order chi connectivity index (χ0) is 20.2. The summed E-state index contributed by atoms with van der Waals surface area (Å²) >= 11 is 0. The third kappa shape index (κ3) is 4.16. The van der Waals surface area contributed by atoms with Crippen molar-refractivity contribution in [3.05, 3.63) is 54.6 Å². The summed E-state index contributed by atoms with van der Waals surface area (Å²) in [4.78, 5) is 38.1. The van der Waals surface area contributed by atoms with Gasteiger partial charge in [-0.15, -0.1) is 0 Å². The number of ether oxygens (including phenoxy) is 1. The molecular formula is C23H24N2O4. The highest BCUT2D eigenvalue weighted by Crippen LogP contribution is 2.34. The first-order chi connectivity index (χ1) is 14.1. The van der Waals surface area contributed by atoms with Crippen molar-refractivity contribution < 1.29 is 19.1 Å². The van der Waals surface area contributed by atoms with E-state index in [9.17, 15) is 14.4 Å². The molecule has 2 aromatic carbocycles. The van der Waals surface area contributed by atoms with Crippen molar-refractivity contribution in [2.24, 2.45) is 11.8 Å². The first-order valence-corrected chi connectivity index (χ1v) is 10.0. The van der Waals surface area contributed by atoms with Crippen LogP contribution < -0.4 is 10.1 Å². The number of hydrogen-bond donors (Lipinski definition) is 1. The second-order valence-electron chi connectivity index (χ2n) is 7.44. The van der Waals surface area contributed by atoms with Gasteiger partial charge in [0.2, 0.25) is 17.7 Å². The van der Waals surface area contributed by atoms with Crippen molar-refractivity contribution in [2.75, 3.05) is 19.7 Å². The molecule has 0 saturated carbocycles. The number of nitrogens with one attached hydrogen (secondary N) is 1. The Morgan fingerprint density at radius 1 is 1.00 bits per heavy atom. The lowest BCUT2D eigenvalue weighted by Crippen LogP contribution is -2.36. The zero-order valence-electron chi connectivity index (χ0n) is 16.2. The number of benzene rings is 2. The second-order valence-corrected chi connectivity index (χ2v) is 7.44. The van der Waals surface area contributed by atoms with Gasteiger partial charge in [0.15, 0.2) is 0 Å². The second kappa shape index (κ2) is 8.47. The lowest BCUT2D eigenvalue weighted by Gasteiger charge is -2.14. The molecule has 2 aromatic rings. The van der Waals surface area contributed by atoms with Crippen LogP contribution in [0.4, 0.5) is 0 Å². The summed E-state index contributed by atoms with van der Waals surface area (Å²) in [5, 5.41) is 5.03. The first-order valence-electron chi connectivity index (χ1n) is 10.0. The highest BCUT2D eigenvalue weighted by molar-refractivity contribution is 6.05. The van der Waals surface area contributed by atoms with Gasteiger partial charge in [-0.2, -0.15) is 0 Å². The van der Waals surface area contributed by atoms with E-state index in [1.165, 1.54) is 4.90 Å². The molecular weight excluding hydrogens is 368 g/mol. The number of carbonyl (C=O) groups excluding carboxylic acids is 3. The Balaban J connectivity index is 1.19. The number of hydrogen-bond acceptors (Lipinski definition) is 4. The van der Waals surface area contributed by atoms with Gasteiger partial charge in [0, 0.05) is 13.0 Å². The molecule has 150 valence electrons. The molecule has 1 fully saturated rings. The summed E-state index contributed by atoms with van der Waals surface area (Å²) in [6.45, 7) is 0.853. The lowest BCUT2D eigenvalue weighted by molar-refractivity contribution is -0.140. The van der Waals surface area contributed by atoms with Crippen LogP contribution >= 0.6 is 0 Å². The first kappa shape index (κ1) is 19.2. The molecule has 6 heteroatoms. The summed E-state index contributed by atoms with van der Waals surface area (Å²) in [6, 6.07) is 13.9. The van der Waals surface area contributed by atoms with Gasteiger partial charge >= 0.3 is 0 Å². The maximum atomic E-state index is 12.4. The Bertz CT molecular complexity index is 942. The largest absolute Gasteiger partial charge is 0.492 e. The lowest BCUT2D eigenvalue weighted by atomic mass is 9.85. The molecule has 0 bridgehead atoms. The van der Waals surface area contributed by atoms with Crippen molar-refractivity contribution in [3.8, 4) is 5.75 Å². The van der Waals surface area contributed by atoms with Crippen LogP contribution in [0, 0.1) is 11.8 Å². The number of allylic oxidation sites excluding steroid dienone is 2. The van der Waals surface area contributed by atoms with Crippen LogP contribution in [0.5, 0.6) is 5.75 Å². The van der Waals surface area contributed by atoms with E-state index in [2.05, 4.69) is 5.32 Å². The number of rotatable bonds is 7. The van der Waals surface area contributed by atoms with Crippen LogP contribution in [-0.2, 0) is 14.4 Å². The Labute approximate surface area is 169 Å². The molecule has 29 heavy (non-hydrogen) atoms. The number of likely N-dealkylation sites (tertiary alicyclic amines) is 1. The molecule has 2 atom stereocenters. The third-order valence-corrected chi connectivity index (χ3v) is 5.58. The summed E-state index contributed by atoms with van der Waals surface area (Å²) in [5.74, 6) is -0.214. The topological polar surface area (TPSA) is 75.7 Å². The van der Waals surface area contributed by atoms with E-state index < -0.39 is 0 Å². The van der Waals surface area contributed by atoms with Gasteiger partial charge in [-0.05, 0) is 35.7 Å². The molecule has 4 rings (SSSR count). The number of fused-ring (bicyclic) bond motifs is 2. The minimum atomic E-state index is -0.245. The molecule has 1 N–H and O–H groups in total. The molecule has 1 aliphatic heterocycles. The molecule has 1 aliphatic carbocycles. The SMILES string of the molecule is O=C(CCN1C(=O)[C@H]2CC=CC[C@H]2C1=O)NCCOc1ccc2ccccc2c1. The average molecular weight is 392 g/mol. The van der Waals surface area contributed by atoms with Crippen molar-refractivity contribution in [3.63, 3.8) is 0 Å². The number of amides is 3. The van der Waals surface area contributed by atoms with Gasteiger partial charge in [0.25, 0.3) is 0 Å². The normalized spacial score (nSPS) is 20.8. The Morgan fingerprint density at radius 2 is 1.69 bits per heavy atom. The van der Waals surface area contributed by atoms with E-state index in [1.54, 1.807) is 0 Å². The summed E-state index contributed by atoms with van der Waals surface area (Å²) in [6.07, 6.45) is 5.25. The quantitative estimate of drug-likeness (QED) is 0.447. The van der Waals surface area contributed by atoms with Gasteiger partial charge in [-0.3, -0.25) is 19.3 Å². The molecule has 0 spiro atoms. The maximum absolute atomic E-state index is 12.4. The summed E-state index contributed by atoms with van der Waals surface area (Å²) in [5.41, 5.74) is 0. The van der Waals surface area contributed by atoms with E-state index in [0.29, 0.717) is 26.0 Å². The summed E-state index contributed by atoms with van der Waals surface area (Å²) in [7, 11) is 0. The molecule has 0 aromatic heterocycles. The minimum Gasteiger partial charge on any atom is -0.492 e. The molecule has 1 saturated heterocycles. The molecule has 6 nitrogen and oxygen atoms in total. The van der Waals surface area contributed by atoms with E-state index in [4.69, 9.17) is 4.74 Å². The predicted octanol–water partition coefficient (Wildman–Crippen LogP) is 2.68. The van der Waals surface area contributed by atoms with E-state index in [0.717, 1.165) is 16.5 Å². The monoisotopic (exact) mass is 392 g/mol. The predicted molar refractivity (Wildman–Crippen MR) is 109 cm³/mol. The van der Waals surface area contributed by atoms with E-state index >= 15 is 0 Å². The molecule has 2 aliphatic rings. The number of imide groups is 1. The van der Waals surface area contributed by atoms with Crippen LogP contribution in [0.25, 0.3) is 10.8 Å². The number of carbonyl (C=O) groups is 3. The fourth-order valence-electron chi connectivity index (χ4n) is 4.01. The molecule has 0 unspecified atom stereocenters. The van der Waals surface area contributed by atoms with Crippen LogP contribution in [0.15, 0.2) is 54.6 Å². The number of nitrogens with zero attached hydrogens (tertiary/aromatic N) is 1. The zero-order valence-corrected chi connectivity index (χ0v) is 16.2. The Morgan fingerprint density at radius 3 is 2.41 bits per heavy atom. The minimum absolute atomic E-state index is 0.111. The highest BCUT2D eigenvalue weighted by atomic mass is 16.5. The fourth-order valence-corrected chi connectivity index (χ4v) is 4.01. The highest BCUT2D eigenvalue weighted by Gasteiger charge is 2.46. The Kier molecular flexibility index (Phi) is 5.60. The van der Waals surface area contributed by atoms with Gasteiger partial charge < -0.3 is 10.1 Å². The maximum Gasteiger partial charge on any atom is 0.233 e. The molecule has 1 heterocycles. The molecule has 3 amide bonds. The average Bonchev–Trinajstić information content (AvgIpc) is 3.00. The van der Waals surface area contributed by atoms with Gasteiger partial charge in [0.1, 0.15) is 12.4 Å². The fraction of sp³-hybridized carbons (Fsp3) is 0.348. The standard InChI is InChI=1S/C23H24N2O4/c26-21(11-13-25-22(27)19-7-3-4-8-20(19)23(25)28)24-12-14-29-18-10-9-16-5-1-2-6-17(16)15-18/h1-6,9-10,15,19-20H,7-8,11-14H2,(H,24,26)/t19-,20+. The van der Waals surface area contributed by atoms with Crippen molar-refractivity contribution in [1.29, 1.82) is 0 Å². The summed E-state index contributed by atoms with van der Waals surface area (Å²) < 4.78 is 5.70. The third-order valence-electron chi connectivity index (χ3n) is 5.58. The van der Waals surface area contributed by atoms with Crippen LogP contribution in [0.3, 0.4) is 0 Å². The van der Waals surface area contributed by atoms with Crippen molar-refractivity contribution in [2.45, 2.75) is 19.3 Å². The van der Waals surface area contributed by atoms with E-state index in [1.807, 2.05) is 54.6 Å². The smallest absolute Gasteiger partial charge is 0.233 e. The van der Waals surface area contributed by atoms with Crippen LogP contribution in [-0.4, -0.2) is 42.3 Å². The van der Waals surface area contributed by atoms with Gasteiger partial charge in [0.05, 0.1) is 18.4 Å². The van der Waals surface area contributed by atoms with Crippen LogP contribution in [0.1, 0.15) is 19.3 Å². The van der Waals surface area contributed by atoms with Gasteiger partial charge in [-0.1, -0.05) is 42.5 Å². The van der Waals surface area contributed by atoms with Crippen molar-refractivity contribution in [1.82, 2.24) is 10.2 Å².